The third kappa shape index (κ3) is 7.30. The molecule has 0 aliphatic carbocycles. The Morgan fingerprint density at radius 3 is 2.50 bits per heavy atom. The second-order valence-corrected chi connectivity index (χ2v) is 4.60. The predicted molar refractivity (Wildman–Crippen MR) is 78.0 cm³/mol. The molecule has 0 aromatic carbocycles. The second kappa shape index (κ2) is 9.22. The number of hydrogen-bond donors (Lipinski definition) is 0. The molecule has 0 heterocycles. The summed E-state index contributed by atoms with van der Waals surface area (Å²) >= 11 is 1.53. The summed E-state index contributed by atoms with van der Waals surface area (Å²) in [6.45, 7) is 10.3. The van der Waals surface area contributed by atoms with Crippen molar-refractivity contribution in [1.82, 2.24) is 0 Å². The molecule has 0 aliphatic rings. The highest BCUT2D eigenvalue weighted by Gasteiger charge is 1.95. The summed E-state index contributed by atoms with van der Waals surface area (Å²) in [5.74, 6) is 0.541. The molecule has 0 saturated heterocycles. The molecule has 0 rings (SSSR count). The van der Waals surface area contributed by atoms with Crippen molar-refractivity contribution in [3.63, 3.8) is 0 Å². The fourth-order valence-corrected chi connectivity index (χ4v) is 1.46. The SMILES string of the molecule is C=C(/C=C/C=C(\C=C/C)C(C)C)SC=NC. The second-order valence-electron chi connectivity index (χ2n) is 3.63. The molecule has 0 aromatic rings. The summed E-state index contributed by atoms with van der Waals surface area (Å²) in [7, 11) is 1.76. The standard InChI is InChI=1S/C14H21NS/c1-6-8-14(12(2)3)10-7-9-13(4)16-11-15-5/h6-12H,4H2,1-3,5H3/b8-6-,9-7+,14-10+,15-11?. The van der Waals surface area contributed by atoms with Gasteiger partial charge in [0.2, 0.25) is 0 Å². The number of aliphatic imine (C=N–C) groups is 1. The van der Waals surface area contributed by atoms with E-state index in [9.17, 15) is 0 Å². The van der Waals surface area contributed by atoms with Gasteiger partial charge in [-0.25, -0.2) is 0 Å². The van der Waals surface area contributed by atoms with Crippen LogP contribution in [0.25, 0.3) is 0 Å². The molecule has 0 radical (unpaired) electrons. The number of thioether (sulfide) groups is 1. The van der Waals surface area contributed by atoms with Crippen molar-refractivity contribution < 1.29 is 0 Å². The van der Waals surface area contributed by atoms with Gasteiger partial charge in [-0.1, -0.05) is 56.5 Å². The quantitative estimate of drug-likeness (QED) is 0.372. The van der Waals surface area contributed by atoms with Crippen molar-refractivity contribution in [2.24, 2.45) is 10.9 Å². The van der Waals surface area contributed by atoms with Crippen LogP contribution in [0.5, 0.6) is 0 Å². The third-order valence-corrected chi connectivity index (χ3v) is 2.66. The predicted octanol–water partition coefficient (Wildman–Crippen LogP) is 4.61. The molecule has 0 bridgehead atoms. The zero-order valence-corrected chi connectivity index (χ0v) is 11.4. The van der Waals surface area contributed by atoms with E-state index in [1.165, 1.54) is 17.3 Å². The van der Waals surface area contributed by atoms with E-state index in [-0.39, 0.29) is 0 Å². The molecule has 1 nitrogen and oxygen atoms in total. The van der Waals surface area contributed by atoms with Gasteiger partial charge < -0.3 is 0 Å². The van der Waals surface area contributed by atoms with Gasteiger partial charge in [0, 0.05) is 12.0 Å². The lowest BCUT2D eigenvalue weighted by Gasteiger charge is -2.04. The molecule has 0 atom stereocenters. The molecule has 0 saturated carbocycles. The lowest BCUT2D eigenvalue weighted by atomic mass is 10.0. The first kappa shape index (κ1) is 15.0. The van der Waals surface area contributed by atoms with Crippen molar-refractivity contribution in [2.45, 2.75) is 20.8 Å². The number of allylic oxidation sites excluding steroid dienone is 6. The van der Waals surface area contributed by atoms with Crippen molar-refractivity contribution >= 4 is 17.3 Å². The highest BCUT2D eigenvalue weighted by molar-refractivity contribution is 8.15. The van der Waals surface area contributed by atoms with Gasteiger partial charge in [-0.15, -0.1) is 0 Å². The normalized spacial score (nSPS) is 13.7. The van der Waals surface area contributed by atoms with Gasteiger partial charge in [0.05, 0.1) is 5.55 Å². The largest absolute Gasteiger partial charge is 0.289 e. The van der Waals surface area contributed by atoms with E-state index in [4.69, 9.17) is 0 Å². The molecule has 0 aliphatic heterocycles. The summed E-state index contributed by atoms with van der Waals surface area (Å²) in [4.78, 5) is 4.88. The van der Waals surface area contributed by atoms with Crippen LogP contribution >= 0.6 is 11.8 Å². The maximum absolute atomic E-state index is 3.92. The van der Waals surface area contributed by atoms with E-state index in [1.54, 1.807) is 12.6 Å². The van der Waals surface area contributed by atoms with Crippen LogP contribution in [-0.2, 0) is 0 Å². The topological polar surface area (TPSA) is 12.4 Å². The van der Waals surface area contributed by atoms with Crippen LogP contribution in [0.1, 0.15) is 20.8 Å². The smallest absolute Gasteiger partial charge is 0.0585 e. The Hall–Kier alpha value is -1.02. The lowest BCUT2D eigenvalue weighted by molar-refractivity contribution is 0.791. The first-order valence-electron chi connectivity index (χ1n) is 5.39. The molecule has 0 fully saturated rings. The average Bonchev–Trinajstić information content (AvgIpc) is 2.25. The van der Waals surface area contributed by atoms with Crippen LogP contribution in [0.15, 0.2) is 52.4 Å². The zero-order chi connectivity index (χ0) is 12.4. The molecule has 0 unspecified atom stereocenters. The molecular weight excluding hydrogens is 214 g/mol. The Kier molecular flexibility index (Phi) is 8.64. The van der Waals surface area contributed by atoms with E-state index >= 15 is 0 Å². The highest BCUT2D eigenvalue weighted by atomic mass is 32.2. The minimum absolute atomic E-state index is 0.541. The van der Waals surface area contributed by atoms with Gasteiger partial charge in [0.15, 0.2) is 0 Å². The van der Waals surface area contributed by atoms with Crippen LogP contribution in [0.4, 0.5) is 0 Å². The minimum Gasteiger partial charge on any atom is -0.289 e. The van der Waals surface area contributed by atoms with E-state index in [0.717, 1.165) is 4.91 Å². The van der Waals surface area contributed by atoms with Crippen LogP contribution in [-0.4, -0.2) is 12.6 Å². The van der Waals surface area contributed by atoms with Gasteiger partial charge in [-0.2, -0.15) is 0 Å². The van der Waals surface area contributed by atoms with Crippen LogP contribution in [0.2, 0.25) is 0 Å². The maximum atomic E-state index is 3.92. The van der Waals surface area contributed by atoms with Gasteiger partial charge in [0.1, 0.15) is 0 Å². The Morgan fingerprint density at radius 2 is 2.00 bits per heavy atom. The zero-order valence-electron chi connectivity index (χ0n) is 10.6. The first-order valence-corrected chi connectivity index (χ1v) is 6.27. The fourth-order valence-electron chi connectivity index (χ4n) is 1.06. The third-order valence-electron chi connectivity index (χ3n) is 1.91. The monoisotopic (exact) mass is 235 g/mol. The fraction of sp³-hybridized carbons (Fsp3) is 0.357. The van der Waals surface area contributed by atoms with Crippen molar-refractivity contribution in [1.29, 1.82) is 0 Å². The van der Waals surface area contributed by atoms with Crippen LogP contribution < -0.4 is 0 Å². The Bertz CT molecular complexity index is 320. The maximum Gasteiger partial charge on any atom is 0.0585 e. The highest BCUT2D eigenvalue weighted by Crippen LogP contribution is 2.14. The van der Waals surface area contributed by atoms with Gasteiger partial charge in [0.25, 0.3) is 0 Å². The summed E-state index contributed by atoms with van der Waals surface area (Å²) in [6.07, 6.45) is 10.4. The number of nitrogens with zero attached hydrogens (tertiary/aromatic N) is 1. The summed E-state index contributed by atoms with van der Waals surface area (Å²) < 4.78 is 0. The van der Waals surface area contributed by atoms with Crippen molar-refractivity contribution in [3.8, 4) is 0 Å². The van der Waals surface area contributed by atoms with Gasteiger partial charge in [-0.3, -0.25) is 4.99 Å². The van der Waals surface area contributed by atoms with Crippen LogP contribution in [0.3, 0.4) is 0 Å². The summed E-state index contributed by atoms with van der Waals surface area (Å²) in [5, 5.41) is 0. The molecule has 88 valence electrons. The summed E-state index contributed by atoms with van der Waals surface area (Å²) in [5.41, 5.74) is 3.10. The van der Waals surface area contributed by atoms with E-state index < -0.39 is 0 Å². The van der Waals surface area contributed by atoms with Gasteiger partial charge >= 0.3 is 0 Å². The number of hydrogen-bond acceptors (Lipinski definition) is 2. The minimum atomic E-state index is 0.541. The Balaban J connectivity index is 4.41. The average molecular weight is 235 g/mol. The molecule has 0 amide bonds. The Morgan fingerprint density at radius 1 is 1.31 bits per heavy atom. The molecule has 0 spiro atoms. The lowest BCUT2D eigenvalue weighted by Crippen LogP contribution is -1.89. The van der Waals surface area contributed by atoms with Crippen LogP contribution in [0, 0.1) is 5.92 Å². The van der Waals surface area contributed by atoms with Crippen molar-refractivity contribution in [3.05, 3.63) is 47.4 Å². The molecular formula is C14H21NS. The number of rotatable bonds is 6. The van der Waals surface area contributed by atoms with Crippen molar-refractivity contribution in [2.75, 3.05) is 7.05 Å². The van der Waals surface area contributed by atoms with E-state index in [1.807, 2.05) is 19.1 Å². The molecule has 0 N–H and O–H groups in total. The van der Waals surface area contributed by atoms with E-state index in [2.05, 4.69) is 43.6 Å². The Labute approximate surface area is 104 Å². The van der Waals surface area contributed by atoms with E-state index in [0.29, 0.717) is 5.92 Å². The molecule has 0 aromatic heterocycles. The molecule has 2 heteroatoms. The molecule has 16 heavy (non-hydrogen) atoms. The summed E-state index contributed by atoms with van der Waals surface area (Å²) in [6, 6.07) is 0. The first-order chi connectivity index (χ1) is 7.61. The van der Waals surface area contributed by atoms with Gasteiger partial charge in [-0.05, 0) is 24.5 Å².